The molecule has 2 heterocycles. The summed E-state index contributed by atoms with van der Waals surface area (Å²) in [5, 5.41) is 4.90. The Labute approximate surface area is 110 Å². The van der Waals surface area contributed by atoms with Crippen LogP contribution in [0.15, 0.2) is 6.07 Å². The van der Waals surface area contributed by atoms with Crippen LogP contribution in [0.4, 0.5) is 5.82 Å². The maximum absolute atomic E-state index is 4.62. The normalized spacial score (nSPS) is 11.4. The van der Waals surface area contributed by atoms with E-state index in [1.54, 1.807) is 11.3 Å². The number of anilines is 1. The Kier molecular flexibility index (Phi) is 3.89. The van der Waals surface area contributed by atoms with Gasteiger partial charge in [0.15, 0.2) is 0 Å². The maximum atomic E-state index is 4.62. The minimum Gasteiger partial charge on any atom is -0.372 e. The molecule has 0 atom stereocenters. The van der Waals surface area contributed by atoms with Gasteiger partial charge < -0.3 is 5.32 Å². The van der Waals surface area contributed by atoms with Gasteiger partial charge in [0.05, 0.1) is 11.1 Å². The number of fused-ring (bicyclic) bond motifs is 1. The third-order valence-corrected chi connectivity index (χ3v) is 4.38. The van der Waals surface area contributed by atoms with Crippen molar-refractivity contribution < 1.29 is 0 Å². The van der Waals surface area contributed by atoms with E-state index in [4.69, 9.17) is 0 Å². The van der Waals surface area contributed by atoms with Crippen molar-refractivity contribution in [3.8, 4) is 0 Å². The summed E-state index contributed by atoms with van der Waals surface area (Å²) >= 11 is 3.60. The van der Waals surface area contributed by atoms with E-state index < -0.39 is 0 Å². The first-order valence-electron chi connectivity index (χ1n) is 5.66. The first kappa shape index (κ1) is 12.6. The van der Waals surface area contributed by atoms with Crippen molar-refractivity contribution in [2.24, 2.45) is 0 Å². The molecule has 2 rings (SSSR count). The molecule has 0 aliphatic carbocycles. The van der Waals surface area contributed by atoms with Crippen LogP contribution in [0, 0.1) is 6.92 Å². The minimum absolute atomic E-state index is 0.609. The van der Waals surface area contributed by atoms with Gasteiger partial charge in [0.1, 0.15) is 16.5 Å². The fourth-order valence-corrected chi connectivity index (χ4v) is 3.09. The van der Waals surface area contributed by atoms with Gasteiger partial charge in [-0.3, -0.25) is 0 Å². The van der Waals surface area contributed by atoms with E-state index in [0.717, 1.165) is 27.6 Å². The molecule has 0 bridgehead atoms. The van der Waals surface area contributed by atoms with Gasteiger partial charge in [-0.05, 0) is 18.2 Å². The fraction of sp³-hybridized carbons (Fsp3) is 0.500. The molecule has 0 fully saturated rings. The Morgan fingerprint density at radius 1 is 1.41 bits per heavy atom. The molecule has 3 nitrogen and oxygen atoms in total. The lowest BCUT2D eigenvalue weighted by atomic mass is 10.3. The molecule has 5 heteroatoms. The highest BCUT2D eigenvalue weighted by Gasteiger charge is 2.09. The molecule has 0 saturated carbocycles. The Bertz CT molecular complexity index is 520. The van der Waals surface area contributed by atoms with Gasteiger partial charge in [0.2, 0.25) is 0 Å². The van der Waals surface area contributed by atoms with Gasteiger partial charge in [0, 0.05) is 11.9 Å². The van der Waals surface area contributed by atoms with Crippen LogP contribution >= 0.6 is 23.1 Å². The molecule has 0 aromatic carbocycles. The molecule has 17 heavy (non-hydrogen) atoms. The van der Waals surface area contributed by atoms with Crippen LogP contribution in [0.1, 0.15) is 24.5 Å². The topological polar surface area (TPSA) is 37.8 Å². The molecular weight excluding hydrogens is 250 g/mol. The molecule has 1 N–H and O–H groups in total. The number of aromatic nitrogens is 2. The van der Waals surface area contributed by atoms with Gasteiger partial charge in [0.25, 0.3) is 0 Å². The van der Waals surface area contributed by atoms with E-state index in [-0.39, 0.29) is 0 Å². The zero-order valence-corrected chi connectivity index (χ0v) is 12.2. The zero-order valence-electron chi connectivity index (χ0n) is 10.6. The Balaban J connectivity index is 2.37. The van der Waals surface area contributed by atoms with Crippen LogP contribution in [0.2, 0.25) is 0 Å². The van der Waals surface area contributed by atoms with E-state index in [1.807, 2.05) is 18.8 Å². The predicted molar refractivity (Wildman–Crippen MR) is 78.1 cm³/mol. The summed E-state index contributed by atoms with van der Waals surface area (Å²) in [6.45, 7) is 6.49. The Hall–Kier alpha value is -0.810. The van der Waals surface area contributed by atoms with Crippen molar-refractivity contribution in [2.75, 3.05) is 12.4 Å². The first-order valence-corrected chi connectivity index (χ1v) is 7.53. The van der Waals surface area contributed by atoms with E-state index in [9.17, 15) is 0 Å². The molecule has 0 saturated heterocycles. The van der Waals surface area contributed by atoms with Gasteiger partial charge in [-0.2, -0.15) is 11.8 Å². The van der Waals surface area contributed by atoms with Crippen molar-refractivity contribution in [2.45, 2.75) is 31.8 Å². The second kappa shape index (κ2) is 5.23. The third-order valence-electron chi connectivity index (χ3n) is 2.34. The van der Waals surface area contributed by atoms with Crippen LogP contribution in [-0.2, 0) is 5.75 Å². The summed E-state index contributed by atoms with van der Waals surface area (Å²) in [6.07, 6.45) is 0. The summed E-state index contributed by atoms with van der Waals surface area (Å²) < 4.78 is 0. The van der Waals surface area contributed by atoms with Gasteiger partial charge >= 0.3 is 0 Å². The number of hydrogen-bond donors (Lipinski definition) is 1. The number of thioether (sulfide) groups is 1. The molecule has 0 aliphatic rings. The van der Waals surface area contributed by atoms with Crippen molar-refractivity contribution in [1.82, 2.24) is 9.97 Å². The van der Waals surface area contributed by atoms with Crippen LogP contribution < -0.4 is 5.32 Å². The summed E-state index contributed by atoms with van der Waals surface area (Å²) in [7, 11) is 1.91. The molecule has 0 unspecified atom stereocenters. The molecule has 2 aromatic heterocycles. The monoisotopic (exact) mass is 267 g/mol. The molecular formula is C12H17N3S2. The van der Waals surface area contributed by atoms with Crippen molar-refractivity contribution >= 4 is 39.1 Å². The molecule has 0 spiro atoms. The Morgan fingerprint density at radius 2 is 2.18 bits per heavy atom. The highest BCUT2D eigenvalue weighted by molar-refractivity contribution is 7.99. The van der Waals surface area contributed by atoms with Gasteiger partial charge in [-0.1, -0.05) is 13.8 Å². The van der Waals surface area contributed by atoms with Gasteiger partial charge in [-0.15, -0.1) is 11.3 Å². The van der Waals surface area contributed by atoms with E-state index in [2.05, 4.69) is 42.1 Å². The number of thiophene rings is 1. The average Bonchev–Trinajstić information content (AvgIpc) is 2.65. The van der Waals surface area contributed by atoms with Crippen LogP contribution in [-0.4, -0.2) is 22.3 Å². The predicted octanol–water partition coefficient (Wildman–Crippen LogP) is 3.68. The zero-order chi connectivity index (χ0) is 12.4. The standard InChI is InChI=1S/C12H17N3S2/c1-7(2)16-6-10-14-11(13-4)9-5-8(3)17-12(9)15-10/h5,7H,6H2,1-4H3,(H,13,14,15). The maximum Gasteiger partial charge on any atom is 0.142 e. The van der Waals surface area contributed by atoms with Crippen molar-refractivity contribution in [3.63, 3.8) is 0 Å². The summed E-state index contributed by atoms with van der Waals surface area (Å²) in [5.74, 6) is 2.74. The number of rotatable bonds is 4. The summed E-state index contributed by atoms with van der Waals surface area (Å²) in [6, 6.07) is 2.14. The smallest absolute Gasteiger partial charge is 0.142 e. The van der Waals surface area contributed by atoms with E-state index >= 15 is 0 Å². The molecule has 0 amide bonds. The number of nitrogens with one attached hydrogen (secondary N) is 1. The van der Waals surface area contributed by atoms with E-state index in [0.29, 0.717) is 5.25 Å². The summed E-state index contributed by atoms with van der Waals surface area (Å²) in [4.78, 5) is 11.6. The van der Waals surface area contributed by atoms with Crippen molar-refractivity contribution in [3.05, 3.63) is 16.8 Å². The van der Waals surface area contributed by atoms with Crippen LogP contribution in [0.25, 0.3) is 10.2 Å². The van der Waals surface area contributed by atoms with Gasteiger partial charge in [-0.25, -0.2) is 9.97 Å². The second-order valence-electron chi connectivity index (χ2n) is 4.17. The largest absolute Gasteiger partial charge is 0.372 e. The van der Waals surface area contributed by atoms with E-state index in [1.165, 1.54) is 4.88 Å². The Morgan fingerprint density at radius 3 is 2.82 bits per heavy atom. The second-order valence-corrected chi connectivity index (χ2v) is 6.97. The fourth-order valence-electron chi connectivity index (χ4n) is 1.58. The molecule has 92 valence electrons. The lowest BCUT2D eigenvalue weighted by Gasteiger charge is -2.06. The third kappa shape index (κ3) is 2.90. The highest BCUT2D eigenvalue weighted by Crippen LogP contribution is 2.29. The van der Waals surface area contributed by atoms with Crippen LogP contribution in [0.5, 0.6) is 0 Å². The van der Waals surface area contributed by atoms with Crippen molar-refractivity contribution in [1.29, 1.82) is 0 Å². The first-order chi connectivity index (χ1) is 8.10. The lowest BCUT2D eigenvalue weighted by Crippen LogP contribution is -2.00. The quantitative estimate of drug-likeness (QED) is 0.917. The molecule has 0 aliphatic heterocycles. The number of nitrogens with zero attached hydrogens (tertiary/aromatic N) is 2. The highest BCUT2D eigenvalue weighted by atomic mass is 32.2. The molecule has 2 aromatic rings. The molecule has 0 radical (unpaired) electrons. The minimum atomic E-state index is 0.609. The lowest BCUT2D eigenvalue weighted by molar-refractivity contribution is 1.05. The average molecular weight is 267 g/mol. The number of aryl methyl sites for hydroxylation is 1. The SMILES string of the molecule is CNc1nc(CSC(C)C)nc2sc(C)cc12. The van der Waals surface area contributed by atoms with Crippen LogP contribution in [0.3, 0.4) is 0 Å². The number of hydrogen-bond acceptors (Lipinski definition) is 5. The summed E-state index contributed by atoms with van der Waals surface area (Å²) in [5.41, 5.74) is 0.